The van der Waals surface area contributed by atoms with Gasteiger partial charge in [-0.3, -0.25) is 4.99 Å². The van der Waals surface area contributed by atoms with Gasteiger partial charge in [-0.25, -0.2) is 4.98 Å². The number of benzene rings is 1. The third kappa shape index (κ3) is 8.78. The Bertz CT molecular complexity index is 720. The molecule has 0 bridgehead atoms. The van der Waals surface area contributed by atoms with E-state index in [2.05, 4.69) is 32.3 Å². The summed E-state index contributed by atoms with van der Waals surface area (Å²) < 4.78 is 41.1. The lowest BCUT2D eigenvalue weighted by Crippen LogP contribution is -2.36. The van der Waals surface area contributed by atoms with E-state index < -0.39 is 12.8 Å². The Morgan fingerprint density at radius 1 is 1.19 bits per heavy atom. The van der Waals surface area contributed by atoms with Gasteiger partial charge in [-0.05, 0) is 24.1 Å². The molecule has 2 rings (SSSR count). The summed E-state index contributed by atoms with van der Waals surface area (Å²) >= 11 is 1.66. The number of nitrogens with one attached hydrogen (secondary N) is 2. The molecule has 0 aliphatic rings. The Morgan fingerprint density at radius 3 is 2.41 bits per heavy atom. The van der Waals surface area contributed by atoms with Gasteiger partial charge >= 0.3 is 6.18 Å². The summed E-state index contributed by atoms with van der Waals surface area (Å²) in [5, 5.41) is 7.31. The minimum absolute atomic E-state index is 0. The first-order chi connectivity index (χ1) is 12.4. The van der Waals surface area contributed by atoms with Crippen LogP contribution in [0.2, 0.25) is 0 Å². The fourth-order valence-corrected chi connectivity index (χ4v) is 2.83. The summed E-state index contributed by atoms with van der Waals surface area (Å²) in [5.41, 5.74) is 0.898. The minimum Gasteiger partial charge on any atom is -0.484 e. The second kappa shape index (κ2) is 11.3. The highest BCUT2D eigenvalue weighted by molar-refractivity contribution is 14.0. The largest absolute Gasteiger partial charge is 0.484 e. The van der Waals surface area contributed by atoms with Crippen molar-refractivity contribution in [1.29, 1.82) is 0 Å². The van der Waals surface area contributed by atoms with E-state index in [0.717, 1.165) is 17.0 Å². The molecule has 2 aromatic rings. The number of aromatic nitrogens is 1. The number of hydrogen-bond acceptors (Lipinski definition) is 4. The van der Waals surface area contributed by atoms with Crippen LogP contribution in [0.4, 0.5) is 13.2 Å². The molecule has 10 heteroatoms. The van der Waals surface area contributed by atoms with Crippen LogP contribution in [0.15, 0.2) is 35.5 Å². The zero-order valence-electron chi connectivity index (χ0n) is 15.0. The van der Waals surface area contributed by atoms with Gasteiger partial charge < -0.3 is 15.4 Å². The molecule has 1 heterocycles. The number of aryl methyl sites for hydroxylation is 1. The van der Waals surface area contributed by atoms with E-state index in [0.29, 0.717) is 19.0 Å². The Balaban J connectivity index is 0.00000364. The number of rotatable bonds is 7. The molecular formula is C17H22F3IN4OS. The van der Waals surface area contributed by atoms with Gasteiger partial charge in [0.2, 0.25) is 0 Å². The van der Waals surface area contributed by atoms with Gasteiger partial charge in [0.05, 0.1) is 6.54 Å². The maximum Gasteiger partial charge on any atom is 0.422 e. The quantitative estimate of drug-likeness (QED) is 0.332. The average Bonchev–Trinajstić information content (AvgIpc) is 3.08. The van der Waals surface area contributed by atoms with Crippen molar-refractivity contribution < 1.29 is 17.9 Å². The molecule has 1 aromatic heterocycles. The number of thiazole rings is 1. The summed E-state index contributed by atoms with van der Waals surface area (Å²) in [6, 6.07) is 6.45. The molecule has 0 saturated carbocycles. The fraction of sp³-hybridized carbons (Fsp3) is 0.412. The van der Waals surface area contributed by atoms with Crippen molar-refractivity contribution in [2.45, 2.75) is 32.6 Å². The topological polar surface area (TPSA) is 58.5 Å². The Hall–Kier alpha value is -1.56. The Kier molecular flexibility index (Phi) is 9.84. The normalized spacial score (nSPS) is 11.7. The molecule has 0 spiro atoms. The molecule has 0 atom stereocenters. The Morgan fingerprint density at radius 2 is 1.85 bits per heavy atom. The average molecular weight is 514 g/mol. The first-order valence-corrected chi connectivity index (χ1v) is 8.88. The van der Waals surface area contributed by atoms with Gasteiger partial charge in [-0.1, -0.05) is 19.1 Å². The van der Waals surface area contributed by atoms with E-state index in [-0.39, 0.29) is 29.7 Å². The zero-order valence-corrected chi connectivity index (χ0v) is 18.1. The molecule has 0 aliphatic carbocycles. The maximum atomic E-state index is 12.1. The molecule has 27 heavy (non-hydrogen) atoms. The lowest BCUT2D eigenvalue weighted by atomic mass is 10.2. The number of halogens is 4. The van der Waals surface area contributed by atoms with Gasteiger partial charge in [0, 0.05) is 24.7 Å². The third-order valence-electron chi connectivity index (χ3n) is 3.37. The van der Waals surface area contributed by atoms with Crippen LogP contribution >= 0.6 is 35.3 Å². The van der Waals surface area contributed by atoms with Crippen molar-refractivity contribution in [2.24, 2.45) is 4.99 Å². The molecule has 150 valence electrons. The summed E-state index contributed by atoms with van der Waals surface area (Å²) in [5.74, 6) is 0.805. The third-order valence-corrected chi connectivity index (χ3v) is 4.51. The van der Waals surface area contributed by atoms with Crippen molar-refractivity contribution in [3.05, 3.63) is 45.9 Å². The van der Waals surface area contributed by atoms with Gasteiger partial charge in [0.15, 0.2) is 12.6 Å². The molecule has 0 unspecified atom stereocenters. The van der Waals surface area contributed by atoms with Crippen LogP contribution in [0.5, 0.6) is 5.75 Å². The second-order valence-corrected chi connectivity index (χ2v) is 6.60. The molecular weight excluding hydrogens is 492 g/mol. The zero-order chi connectivity index (χ0) is 19.0. The fourth-order valence-electron chi connectivity index (χ4n) is 2.03. The maximum absolute atomic E-state index is 12.1. The van der Waals surface area contributed by atoms with Crippen LogP contribution in [-0.2, 0) is 19.5 Å². The van der Waals surface area contributed by atoms with Gasteiger partial charge in [0.1, 0.15) is 10.8 Å². The number of nitrogens with zero attached hydrogens (tertiary/aromatic N) is 2. The van der Waals surface area contributed by atoms with E-state index in [4.69, 9.17) is 0 Å². The van der Waals surface area contributed by atoms with Crippen LogP contribution < -0.4 is 15.4 Å². The summed E-state index contributed by atoms with van der Waals surface area (Å²) in [6.07, 6.45) is -1.50. The van der Waals surface area contributed by atoms with Gasteiger partial charge in [-0.15, -0.1) is 35.3 Å². The van der Waals surface area contributed by atoms with Crippen molar-refractivity contribution in [3.63, 3.8) is 0 Å². The van der Waals surface area contributed by atoms with Crippen LogP contribution in [-0.4, -0.2) is 30.8 Å². The first kappa shape index (κ1) is 23.5. The molecule has 0 radical (unpaired) electrons. The van der Waals surface area contributed by atoms with Crippen LogP contribution in [0.1, 0.15) is 22.4 Å². The summed E-state index contributed by atoms with van der Waals surface area (Å²) in [6.45, 7) is 1.86. The summed E-state index contributed by atoms with van der Waals surface area (Å²) in [7, 11) is 1.67. The number of aliphatic imine (C=N–C) groups is 1. The number of hydrogen-bond donors (Lipinski definition) is 2. The highest BCUT2D eigenvalue weighted by Crippen LogP contribution is 2.18. The number of ether oxygens (including phenoxy) is 1. The molecule has 0 saturated heterocycles. The lowest BCUT2D eigenvalue weighted by molar-refractivity contribution is -0.153. The predicted molar refractivity (Wildman–Crippen MR) is 112 cm³/mol. The minimum atomic E-state index is -4.34. The predicted octanol–water partition coefficient (Wildman–Crippen LogP) is 4.13. The number of guanidine groups is 1. The van der Waals surface area contributed by atoms with Crippen LogP contribution in [0.3, 0.4) is 0 Å². The molecule has 0 amide bonds. The van der Waals surface area contributed by atoms with E-state index in [1.807, 2.05) is 6.20 Å². The molecule has 1 aromatic carbocycles. The standard InChI is InChI=1S/C17H21F3N4OS.HI/c1-3-14-9-22-15(26-14)10-24-16(21-2)23-8-12-4-6-13(7-5-12)25-11-17(18,19)20;/h4-7,9H,3,8,10-11H2,1-2H3,(H2,21,23,24);1H. The van der Waals surface area contributed by atoms with E-state index in [1.54, 1.807) is 30.5 Å². The van der Waals surface area contributed by atoms with Crippen LogP contribution in [0, 0.1) is 0 Å². The lowest BCUT2D eigenvalue weighted by Gasteiger charge is -2.12. The second-order valence-electron chi connectivity index (χ2n) is 5.40. The van der Waals surface area contributed by atoms with Gasteiger partial charge in [0.25, 0.3) is 0 Å². The molecule has 0 aliphatic heterocycles. The van der Waals surface area contributed by atoms with E-state index in [1.165, 1.54) is 17.0 Å². The van der Waals surface area contributed by atoms with Gasteiger partial charge in [-0.2, -0.15) is 13.2 Å². The van der Waals surface area contributed by atoms with E-state index in [9.17, 15) is 13.2 Å². The number of alkyl halides is 3. The first-order valence-electron chi connectivity index (χ1n) is 8.06. The Labute approximate surface area is 177 Å². The highest BCUT2D eigenvalue weighted by atomic mass is 127. The molecule has 0 fully saturated rings. The van der Waals surface area contributed by atoms with Crippen molar-refractivity contribution in [3.8, 4) is 5.75 Å². The van der Waals surface area contributed by atoms with Crippen molar-refractivity contribution in [1.82, 2.24) is 15.6 Å². The monoisotopic (exact) mass is 514 g/mol. The van der Waals surface area contributed by atoms with Crippen molar-refractivity contribution in [2.75, 3.05) is 13.7 Å². The smallest absolute Gasteiger partial charge is 0.422 e. The van der Waals surface area contributed by atoms with E-state index >= 15 is 0 Å². The van der Waals surface area contributed by atoms with Crippen LogP contribution in [0.25, 0.3) is 0 Å². The SMILES string of the molecule is CCc1cnc(CNC(=NC)NCc2ccc(OCC(F)(F)F)cc2)s1.I. The molecule has 5 nitrogen and oxygen atoms in total. The highest BCUT2D eigenvalue weighted by Gasteiger charge is 2.28. The molecule has 2 N–H and O–H groups in total. The van der Waals surface area contributed by atoms with Crippen molar-refractivity contribution >= 4 is 41.3 Å². The summed E-state index contributed by atoms with van der Waals surface area (Å²) in [4.78, 5) is 9.71.